The number of hydrogen-bond acceptors (Lipinski definition) is 5. The maximum atomic E-state index is 14.5. The molecule has 3 aromatic rings. The molecule has 0 aliphatic rings. The van der Waals surface area contributed by atoms with E-state index in [0.717, 1.165) is 17.7 Å². The first-order valence-corrected chi connectivity index (χ1v) is 8.62. The number of benzene rings is 2. The Bertz CT molecular complexity index is 1070. The number of rotatable bonds is 6. The van der Waals surface area contributed by atoms with E-state index in [1.165, 1.54) is 6.07 Å². The minimum absolute atomic E-state index is 0.0676. The fourth-order valence-corrected chi connectivity index (χ4v) is 2.72. The number of hydrogen-bond donors (Lipinski definition) is 0. The molecule has 148 valence electrons. The SMILES string of the molecule is COc1ccc(COc2cc(-c3c(C(F)F)ccc(Cl)c3F)nc(C#N)n2)cc1. The molecule has 2 aromatic carbocycles. The van der Waals surface area contributed by atoms with Crippen molar-refractivity contribution in [3.8, 4) is 29.0 Å². The van der Waals surface area contributed by atoms with Crippen LogP contribution in [0.2, 0.25) is 5.02 Å². The maximum absolute atomic E-state index is 14.5. The molecule has 0 saturated heterocycles. The zero-order valence-corrected chi connectivity index (χ0v) is 15.8. The third kappa shape index (κ3) is 4.58. The highest BCUT2D eigenvalue weighted by atomic mass is 35.5. The number of halogens is 4. The fourth-order valence-electron chi connectivity index (χ4n) is 2.56. The second kappa shape index (κ2) is 8.80. The van der Waals surface area contributed by atoms with E-state index in [0.29, 0.717) is 5.75 Å². The Morgan fingerprint density at radius 3 is 2.48 bits per heavy atom. The molecule has 1 aromatic heterocycles. The Balaban J connectivity index is 1.98. The van der Waals surface area contributed by atoms with Crippen molar-refractivity contribution in [1.82, 2.24) is 9.97 Å². The van der Waals surface area contributed by atoms with E-state index in [4.69, 9.17) is 26.3 Å². The van der Waals surface area contributed by atoms with Crippen LogP contribution >= 0.6 is 11.6 Å². The van der Waals surface area contributed by atoms with Crippen molar-refractivity contribution in [3.05, 3.63) is 70.3 Å². The minimum Gasteiger partial charge on any atom is -0.497 e. The fraction of sp³-hybridized carbons (Fsp3) is 0.150. The highest BCUT2D eigenvalue weighted by Gasteiger charge is 2.23. The molecule has 0 saturated carbocycles. The van der Waals surface area contributed by atoms with Crippen LogP contribution in [0.15, 0.2) is 42.5 Å². The first-order valence-electron chi connectivity index (χ1n) is 8.24. The Morgan fingerprint density at radius 2 is 1.86 bits per heavy atom. The summed E-state index contributed by atoms with van der Waals surface area (Å²) in [6, 6.07) is 11.9. The summed E-state index contributed by atoms with van der Waals surface area (Å²) in [4.78, 5) is 7.73. The molecule has 0 fully saturated rings. The van der Waals surface area contributed by atoms with Crippen LogP contribution in [0.25, 0.3) is 11.3 Å². The standard InChI is InChI=1S/C20H13ClF3N3O2/c1-28-12-4-2-11(3-5-12)10-29-17-8-15(26-16(9-25)27-17)18-13(20(23)24)6-7-14(21)19(18)22/h2-8,20H,10H2,1H3. The van der Waals surface area contributed by atoms with Gasteiger partial charge in [-0.1, -0.05) is 29.8 Å². The lowest BCUT2D eigenvalue weighted by molar-refractivity contribution is 0.151. The molecule has 0 aliphatic heterocycles. The van der Waals surface area contributed by atoms with Crippen molar-refractivity contribution < 1.29 is 22.6 Å². The number of ether oxygens (including phenoxy) is 2. The number of aromatic nitrogens is 2. The smallest absolute Gasteiger partial charge is 0.264 e. The molecule has 0 amide bonds. The van der Waals surface area contributed by atoms with Gasteiger partial charge in [-0.3, -0.25) is 0 Å². The summed E-state index contributed by atoms with van der Waals surface area (Å²) in [6.45, 7) is 0.0745. The molecule has 0 bridgehead atoms. The average Bonchev–Trinajstić information content (AvgIpc) is 2.73. The van der Waals surface area contributed by atoms with Gasteiger partial charge in [0.2, 0.25) is 11.7 Å². The Kier molecular flexibility index (Phi) is 6.20. The molecule has 0 spiro atoms. The Morgan fingerprint density at radius 1 is 1.14 bits per heavy atom. The molecule has 5 nitrogen and oxygen atoms in total. The van der Waals surface area contributed by atoms with E-state index in [-0.39, 0.29) is 29.0 Å². The number of methoxy groups -OCH3 is 1. The van der Waals surface area contributed by atoms with Crippen LogP contribution in [0.1, 0.15) is 23.4 Å². The monoisotopic (exact) mass is 419 g/mol. The van der Waals surface area contributed by atoms with Crippen LogP contribution < -0.4 is 9.47 Å². The van der Waals surface area contributed by atoms with Crippen molar-refractivity contribution >= 4 is 11.6 Å². The van der Waals surface area contributed by atoms with E-state index >= 15 is 0 Å². The summed E-state index contributed by atoms with van der Waals surface area (Å²) < 4.78 is 51.9. The summed E-state index contributed by atoms with van der Waals surface area (Å²) >= 11 is 5.75. The minimum atomic E-state index is -2.97. The van der Waals surface area contributed by atoms with Crippen LogP contribution in [0.3, 0.4) is 0 Å². The third-order valence-corrected chi connectivity index (χ3v) is 4.26. The first-order chi connectivity index (χ1) is 13.9. The zero-order valence-electron chi connectivity index (χ0n) is 15.0. The maximum Gasteiger partial charge on any atom is 0.264 e. The largest absolute Gasteiger partial charge is 0.497 e. The Hall–Kier alpha value is -3.31. The molecule has 1 heterocycles. The van der Waals surface area contributed by atoms with Gasteiger partial charge < -0.3 is 9.47 Å². The predicted molar refractivity (Wildman–Crippen MR) is 99.4 cm³/mol. The second-order valence-corrected chi connectivity index (χ2v) is 6.20. The molecule has 3 rings (SSSR count). The van der Waals surface area contributed by atoms with E-state index in [2.05, 4.69) is 9.97 Å². The van der Waals surface area contributed by atoms with Gasteiger partial charge in [-0.05, 0) is 23.8 Å². The van der Waals surface area contributed by atoms with Gasteiger partial charge in [0.1, 0.15) is 18.4 Å². The van der Waals surface area contributed by atoms with Crippen LogP contribution in [0.5, 0.6) is 11.6 Å². The summed E-state index contributed by atoms with van der Waals surface area (Å²) in [7, 11) is 1.54. The molecule has 0 unspecified atom stereocenters. The van der Waals surface area contributed by atoms with Crippen LogP contribution in [0, 0.1) is 17.1 Å². The van der Waals surface area contributed by atoms with Crippen LogP contribution in [0.4, 0.5) is 13.2 Å². The van der Waals surface area contributed by atoms with E-state index in [1.54, 1.807) is 37.4 Å². The summed E-state index contributed by atoms with van der Waals surface area (Å²) in [6.07, 6.45) is -2.97. The molecule has 0 aliphatic carbocycles. The normalized spacial score (nSPS) is 10.7. The van der Waals surface area contributed by atoms with Gasteiger partial charge in [0, 0.05) is 17.2 Å². The van der Waals surface area contributed by atoms with Gasteiger partial charge >= 0.3 is 0 Å². The van der Waals surface area contributed by atoms with Crippen LogP contribution in [-0.4, -0.2) is 17.1 Å². The van der Waals surface area contributed by atoms with Crippen molar-refractivity contribution in [1.29, 1.82) is 5.26 Å². The lowest BCUT2D eigenvalue weighted by Crippen LogP contribution is -2.03. The number of nitriles is 1. The highest BCUT2D eigenvalue weighted by molar-refractivity contribution is 6.31. The predicted octanol–water partition coefficient (Wildman–Crippen LogP) is 5.33. The van der Waals surface area contributed by atoms with Crippen molar-refractivity contribution in [2.45, 2.75) is 13.0 Å². The molecule has 29 heavy (non-hydrogen) atoms. The quantitative estimate of drug-likeness (QED) is 0.540. The molecule has 0 radical (unpaired) electrons. The van der Waals surface area contributed by atoms with Crippen molar-refractivity contribution in [2.75, 3.05) is 7.11 Å². The molecule has 9 heteroatoms. The highest BCUT2D eigenvalue weighted by Crippen LogP contribution is 2.36. The van der Waals surface area contributed by atoms with Gasteiger partial charge in [0.25, 0.3) is 6.43 Å². The molecule has 0 atom stereocenters. The van der Waals surface area contributed by atoms with Crippen LogP contribution in [-0.2, 0) is 6.61 Å². The molecular weight excluding hydrogens is 407 g/mol. The van der Waals surface area contributed by atoms with E-state index < -0.39 is 23.4 Å². The van der Waals surface area contributed by atoms with Gasteiger partial charge in [0.15, 0.2) is 5.82 Å². The van der Waals surface area contributed by atoms with Crippen molar-refractivity contribution in [3.63, 3.8) is 0 Å². The zero-order chi connectivity index (χ0) is 21.0. The van der Waals surface area contributed by atoms with Gasteiger partial charge in [-0.15, -0.1) is 0 Å². The lowest BCUT2D eigenvalue weighted by atomic mass is 10.0. The van der Waals surface area contributed by atoms with Gasteiger partial charge in [-0.25, -0.2) is 18.2 Å². The number of nitrogens with zero attached hydrogens (tertiary/aromatic N) is 3. The third-order valence-electron chi connectivity index (χ3n) is 3.97. The summed E-state index contributed by atoms with van der Waals surface area (Å²) in [5, 5.41) is 8.82. The van der Waals surface area contributed by atoms with E-state index in [9.17, 15) is 13.2 Å². The number of alkyl halides is 2. The second-order valence-electron chi connectivity index (χ2n) is 5.79. The molecule has 0 N–H and O–H groups in total. The summed E-state index contributed by atoms with van der Waals surface area (Å²) in [5.41, 5.74) is -0.556. The van der Waals surface area contributed by atoms with Crippen molar-refractivity contribution in [2.24, 2.45) is 0 Å². The average molecular weight is 420 g/mol. The molecular formula is C20H13ClF3N3O2. The van der Waals surface area contributed by atoms with Gasteiger partial charge in [-0.2, -0.15) is 10.2 Å². The van der Waals surface area contributed by atoms with Gasteiger partial charge in [0.05, 0.1) is 17.8 Å². The lowest BCUT2D eigenvalue weighted by Gasteiger charge is -2.12. The van der Waals surface area contributed by atoms with E-state index in [1.807, 2.05) is 0 Å². The Labute approximate surface area is 169 Å². The topological polar surface area (TPSA) is 68.0 Å². The summed E-state index contributed by atoms with van der Waals surface area (Å²) in [5.74, 6) is -0.817. The first kappa shape index (κ1) is 20.4.